The van der Waals surface area contributed by atoms with E-state index in [4.69, 9.17) is 5.73 Å². The molecule has 18 heavy (non-hydrogen) atoms. The SMILES string of the molecule is Cc1cc(C)c(NC(=O)C2CCC(N)C2)c(C)c1. The summed E-state index contributed by atoms with van der Waals surface area (Å²) in [6, 6.07) is 4.40. The zero-order valence-electron chi connectivity index (χ0n) is 11.4. The second-order valence-corrected chi connectivity index (χ2v) is 5.53. The largest absolute Gasteiger partial charge is 0.328 e. The van der Waals surface area contributed by atoms with Crippen molar-refractivity contribution in [1.29, 1.82) is 0 Å². The fourth-order valence-electron chi connectivity index (χ4n) is 2.86. The molecule has 98 valence electrons. The second-order valence-electron chi connectivity index (χ2n) is 5.53. The van der Waals surface area contributed by atoms with E-state index in [9.17, 15) is 4.79 Å². The first-order valence-corrected chi connectivity index (χ1v) is 6.61. The smallest absolute Gasteiger partial charge is 0.227 e. The van der Waals surface area contributed by atoms with Crippen molar-refractivity contribution in [2.24, 2.45) is 11.7 Å². The summed E-state index contributed by atoms with van der Waals surface area (Å²) < 4.78 is 0. The quantitative estimate of drug-likeness (QED) is 0.843. The summed E-state index contributed by atoms with van der Waals surface area (Å²) in [5, 5.41) is 3.07. The molecular weight excluding hydrogens is 224 g/mol. The average Bonchev–Trinajstić information content (AvgIpc) is 2.70. The van der Waals surface area contributed by atoms with Crippen molar-refractivity contribution in [3.05, 3.63) is 28.8 Å². The van der Waals surface area contributed by atoms with Gasteiger partial charge >= 0.3 is 0 Å². The minimum Gasteiger partial charge on any atom is -0.328 e. The lowest BCUT2D eigenvalue weighted by atomic mass is 10.0. The Morgan fingerprint density at radius 3 is 2.33 bits per heavy atom. The summed E-state index contributed by atoms with van der Waals surface area (Å²) in [5.74, 6) is 0.207. The molecule has 0 spiro atoms. The maximum atomic E-state index is 12.2. The molecule has 1 amide bonds. The number of rotatable bonds is 2. The molecule has 2 unspecified atom stereocenters. The summed E-state index contributed by atoms with van der Waals surface area (Å²) in [5.41, 5.74) is 10.3. The Balaban J connectivity index is 2.12. The van der Waals surface area contributed by atoms with Gasteiger partial charge < -0.3 is 11.1 Å². The zero-order chi connectivity index (χ0) is 13.3. The van der Waals surface area contributed by atoms with Gasteiger partial charge in [0.25, 0.3) is 0 Å². The third kappa shape index (κ3) is 2.72. The van der Waals surface area contributed by atoms with Gasteiger partial charge in [-0.1, -0.05) is 17.7 Å². The van der Waals surface area contributed by atoms with Crippen molar-refractivity contribution in [3.63, 3.8) is 0 Å². The molecule has 0 radical (unpaired) electrons. The van der Waals surface area contributed by atoms with Crippen molar-refractivity contribution in [3.8, 4) is 0 Å². The Bertz CT molecular complexity index is 445. The number of benzene rings is 1. The van der Waals surface area contributed by atoms with Crippen LogP contribution in [0.15, 0.2) is 12.1 Å². The van der Waals surface area contributed by atoms with Gasteiger partial charge in [-0.05, 0) is 51.2 Å². The van der Waals surface area contributed by atoms with E-state index in [0.717, 1.165) is 36.1 Å². The van der Waals surface area contributed by atoms with Crippen LogP contribution in [0.3, 0.4) is 0 Å². The molecule has 3 nitrogen and oxygen atoms in total. The van der Waals surface area contributed by atoms with Gasteiger partial charge in [0.2, 0.25) is 5.91 Å². The van der Waals surface area contributed by atoms with Gasteiger partial charge in [-0.25, -0.2) is 0 Å². The lowest BCUT2D eigenvalue weighted by Gasteiger charge is -2.15. The molecule has 0 saturated heterocycles. The Morgan fingerprint density at radius 2 is 1.83 bits per heavy atom. The van der Waals surface area contributed by atoms with Crippen molar-refractivity contribution >= 4 is 11.6 Å². The van der Waals surface area contributed by atoms with E-state index < -0.39 is 0 Å². The van der Waals surface area contributed by atoms with Crippen LogP contribution in [0.25, 0.3) is 0 Å². The molecule has 2 atom stereocenters. The predicted octanol–water partition coefficient (Wildman–Crippen LogP) is 2.68. The van der Waals surface area contributed by atoms with Gasteiger partial charge in [0, 0.05) is 17.6 Å². The van der Waals surface area contributed by atoms with Crippen molar-refractivity contribution < 1.29 is 4.79 Å². The maximum Gasteiger partial charge on any atom is 0.227 e. The molecular formula is C15H22N2O. The minimum atomic E-state index is 0.0834. The van der Waals surface area contributed by atoms with E-state index in [1.54, 1.807) is 0 Å². The number of amides is 1. The number of carbonyl (C=O) groups is 1. The summed E-state index contributed by atoms with van der Waals surface area (Å²) in [4.78, 5) is 12.2. The molecule has 1 aromatic rings. The van der Waals surface area contributed by atoms with Crippen molar-refractivity contribution in [1.82, 2.24) is 0 Å². The van der Waals surface area contributed by atoms with E-state index in [0.29, 0.717) is 0 Å². The lowest BCUT2D eigenvalue weighted by molar-refractivity contribution is -0.119. The van der Waals surface area contributed by atoms with Crippen molar-refractivity contribution in [2.45, 2.75) is 46.1 Å². The molecule has 1 fully saturated rings. The van der Waals surface area contributed by atoms with Crippen LogP contribution in [-0.2, 0) is 4.79 Å². The van der Waals surface area contributed by atoms with E-state index in [2.05, 4.69) is 24.4 Å². The number of hydrogen-bond donors (Lipinski definition) is 2. The Kier molecular flexibility index (Phi) is 3.71. The highest BCUT2D eigenvalue weighted by Gasteiger charge is 2.28. The van der Waals surface area contributed by atoms with Crippen LogP contribution in [0.5, 0.6) is 0 Å². The number of aryl methyl sites for hydroxylation is 3. The molecule has 0 aliphatic heterocycles. The van der Waals surface area contributed by atoms with Crippen LogP contribution < -0.4 is 11.1 Å². The average molecular weight is 246 g/mol. The highest BCUT2D eigenvalue weighted by molar-refractivity contribution is 5.94. The molecule has 0 heterocycles. The van der Waals surface area contributed by atoms with Crippen LogP contribution in [0, 0.1) is 26.7 Å². The molecule has 1 aliphatic rings. The Hall–Kier alpha value is -1.35. The van der Waals surface area contributed by atoms with Gasteiger partial charge in [0.1, 0.15) is 0 Å². The molecule has 0 aromatic heterocycles. The number of nitrogens with two attached hydrogens (primary N) is 1. The van der Waals surface area contributed by atoms with Crippen LogP contribution in [0.4, 0.5) is 5.69 Å². The minimum absolute atomic E-state index is 0.0834. The second kappa shape index (κ2) is 5.11. The van der Waals surface area contributed by atoms with Gasteiger partial charge in [-0.15, -0.1) is 0 Å². The first-order chi connectivity index (χ1) is 8.47. The van der Waals surface area contributed by atoms with E-state index in [1.165, 1.54) is 5.56 Å². The third-order valence-corrected chi connectivity index (χ3v) is 3.77. The lowest BCUT2D eigenvalue weighted by Crippen LogP contribution is -2.24. The van der Waals surface area contributed by atoms with Crippen LogP contribution in [-0.4, -0.2) is 11.9 Å². The van der Waals surface area contributed by atoms with Crippen LogP contribution in [0.1, 0.15) is 36.0 Å². The van der Waals surface area contributed by atoms with Crippen molar-refractivity contribution in [2.75, 3.05) is 5.32 Å². The fraction of sp³-hybridized carbons (Fsp3) is 0.533. The molecule has 1 aromatic carbocycles. The molecule has 2 rings (SSSR count). The monoisotopic (exact) mass is 246 g/mol. The normalized spacial score (nSPS) is 23.1. The summed E-state index contributed by atoms with van der Waals surface area (Å²) in [6.07, 6.45) is 2.69. The summed E-state index contributed by atoms with van der Waals surface area (Å²) >= 11 is 0. The number of anilines is 1. The molecule has 3 heteroatoms. The van der Waals surface area contributed by atoms with Crippen LogP contribution >= 0.6 is 0 Å². The van der Waals surface area contributed by atoms with Gasteiger partial charge in [-0.3, -0.25) is 4.79 Å². The number of carbonyl (C=O) groups excluding carboxylic acids is 1. The first kappa shape index (κ1) is 13.1. The van der Waals surface area contributed by atoms with E-state index in [-0.39, 0.29) is 17.9 Å². The molecule has 1 saturated carbocycles. The zero-order valence-corrected chi connectivity index (χ0v) is 11.4. The molecule has 0 bridgehead atoms. The standard InChI is InChI=1S/C15H22N2O/c1-9-6-10(2)14(11(3)7-9)17-15(18)12-4-5-13(16)8-12/h6-7,12-13H,4-5,8,16H2,1-3H3,(H,17,18). The topological polar surface area (TPSA) is 55.1 Å². The molecule has 3 N–H and O–H groups in total. The fourth-order valence-corrected chi connectivity index (χ4v) is 2.86. The number of hydrogen-bond acceptors (Lipinski definition) is 2. The third-order valence-electron chi connectivity index (χ3n) is 3.77. The number of nitrogens with one attached hydrogen (secondary N) is 1. The van der Waals surface area contributed by atoms with Crippen LogP contribution in [0.2, 0.25) is 0 Å². The van der Waals surface area contributed by atoms with E-state index >= 15 is 0 Å². The van der Waals surface area contributed by atoms with Gasteiger partial charge in [0.15, 0.2) is 0 Å². The highest BCUT2D eigenvalue weighted by Crippen LogP contribution is 2.27. The summed E-state index contributed by atoms with van der Waals surface area (Å²) in [6.45, 7) is 6.15. The first-order valence-electron chi connectivity index (χ1n) is 6.61. The summed E-state index contributed by atoms with van der Waals surface area (Å²) in [7, 11) is 0. The Morgan fingerprint density at radius 1 is 1.22 bits per heavy atom. The van der Waals surface area contributed by atoms with Gasteiger partial charge in [0.05, 0.1) is 0 Å². The maximum absolute atomic E-state index is 12.2. The van der Waals surface area contributed by atoms with E-state index in [1.807, 2.05) is 13.8 Å². The highest BCUT2D eigenvalue weighted by atomic mass is 16.1. The Labute approximate surface area is 109 Å². The molecule has 1 aliphatic carbocycles. The van der Waals surface area contributed by atoms with Gasteiger partial charge in [-0.2, -0.15) is 0 Å². The predicted molar refractivity (Wildman–Crippen MR) is 74.6 cm³/mol.